The van der Waals surface area contributed by atoms with Gasteiger partial charge in [-0.05, 0) is 85.4 Å². The molecule has 2 aromatic heterocycles. The number of hydrogen-bond donors (Lipinski definition) is 2. The Morgan fingerprint density at radius 3 is 2.59 bits per heavy atom. The first kappa shape index (κ1) is 26.1. The molecule has 1 aliphatic heterocycles. The van der Waals surface area contributed by atoms with Crippen molar-refractivity contribution in [2.24, 2.45) is 0 Å². The van der Waals surface area contributed by atoms with Crippen molar-refractivity contribution in [1.82, 2.24) is 19.8 Å². The molecule has 0 aliphatic carbocycles. The lowest BCUT2D eigenvalue weighted by molar-refractivity contribution is -0.116. The molecular weight excluding hydrogens is 510 g/mol. The van der Waals surface area contributed by atoms with Crippen LogP contribution in [-0.4, -0.2) is 45.1 Å². The zero-order valence-corrected chi connectivity index (χ0v) is 22.5. The average molecular weight is 540 g/mol. The number of nitrogens with zero attached hydrogens (tertiary/aromatic N) is 3. The predicted molar refractivity (Wildman–Crippen MR) is 154 cm³/mol. The number of ether oxygens (including phenoxy) is 1. The minimum Gasteiger partial charge on any atom is -0.465 e. The normalized spacial score (nSPS) is 16.6. The molecule has 1 amide bonds. The molecule has 5 rings (SSSR count). The molecule has 2 N–H and O–H groups in total. The summed E-state index contributed by atoms with van der Waals surface area (Å²) in [6.45, 7) is 2.41. The van der Waals surface area contributed by atoms with Crippen LogP contribution >= 0.6 is 12.2 Å². The number of nitrogens with one attached hydrogen (secondary N) is 2. The van der Waals surface area contributed by atoms with Gasteiger partial charge in [-0.3, -0.25) is 9.78 Å². The van der Waals surface area contributed by atoms with Crippen molar-refractivity contribution in [2.75, 3.05) is 19.0 Å². The number of methoxy groups -OCH3 is 1. The maximum atomic E-state index is 12.9. The van der Waals surface area contributed by atoms with E-state index >= 15 is 0 Å². The Bertz CT molecular complexity index is 1490. The SMILES string of the molecule is COC(=O)c1ccc(-n2cccc2[C@@H]2[C@@H](c3ccccn3)NC(=S)N2CCC(=O)Nc2cccc(C)c2)cc1. The average Bonchev–Trinajstić information content (AvgIpc) is 3.56. The van der Waals surface area contributed by atoms with E-state index < -0.39 is 0 Å². The quantitative estimate of drug-likeness (QED) is 0.241. The molecule has 1 saturated heterocycles. The Labute approximate surface area is 232 Å². The smallest absolute Gasteiger partial charge is 0.337 e. The van der Waals surface area contributed by atoms with Crippen molar-refractivity contribution in [3.63, 3.8) is 0 Å². The van der Waals surface area contributed by atoms with Gasteiger partial charge in [0.1, 0.15) is 0 Å². The van der Waals surface area contributed by atoms with Gasteiger partial charge in [0.2, 0.25) is 5.91 Å². The van der Waals surface area contributed by atoms with E-state index in [0.29, 0.717) is 17.2 Å². The molecule has 39 heavy (non-hydrogen) atoms. The van der Waals surface area contributed by atoms with Crippen LogP contribution in [0.1, 0.15) is 45.8 Å². The maximum absolute atomic E-state index is 12.9. The lowest BCUT2D eigenvalue weighted by Gasteiger charge is -2.29. The summed E-state index contributed by atoms with van der Waals surface area (Å²) in [5, 5.41) is 6.99. The summed E-state index contributed by atoms with van der Waals surface area (Å²) in [4.78, 5) is 31.5. The molecule has 1 fully saturated rings. The van der Waals surface area contributed by atoms with Crippen LogP contribution in [0.25, 0.3) is 5.69 Å². The molecule has 0 unspecified atom stereocenters. The van der Waals surface area contributed by atoms with Crippen LogP contribution in [0.2, 0.25) is 0 Å². The zero-order valence-electron chi connectivity index (χ0n) is 21.7. The van der Waals surface area contributed by atoms with Gasteiger partial charge >= 0.3 is 5.97 Å². The summed E-state index contributed by atoms with van der Waals surface area (Å²) in [7, 11) is 1.36. The highest BCUT2D eigenvalue weighted by molar-refractivity contribution is 7.80. The van der Waals surface area contributed by atoms with Gasteiger partial charge < -0.3 is 24.8 Å². The molecule has 2 aromatic carbocycles. The van der Waals surface area contributed by atoms with Crippen molar-refractivity contribution in [2.45, 2.75) is 25.4 Å². The molecule has 9 heteroatoms. The molecular formula is C30H29N5O3S. The molecule has 4 aromatic rings. The Morgan fingerprint density at radius 1 is 1.05 bits per heavy atom. The molecule has 0 radical (unpaired) electrons. The predicted octanol–water partition coefficient (Wildman–Crippen LogP) is 4.97. The summed E-state index contributed by atoms with van der Waals surface area (Å²) in [6, 6.07) is 24.4. The van der Waals surface area contributed by atoms with Crippen LogP contribution in [0.5, 0.6) is 0 Å². The zero-order chi connectivity index (χ0) is 27.4. The van der Waals surface area contributed by atoms with Gasteiger partial charge in [0.25, 0.3) is 0 Å². The Morgan fingerprint density at radius 2 is 1.87 bits per heavy atom. The van der Waals surface area contributed by atoms with E-state index in [1.165, 1.54) is 7.11 Å². The summed E-state index contributed by atoms with van der Waals surface area (Å²) >= 11 is 5.78. The number of aryl methyl sites for hydroxylation is 1. The number of aromatic nitrogens is 2. The first-order chi connectivity index (χ1) is 18.9. The summed E-state index contributed by atoms with van der Waals surface area (Å²) in [6.07, 6.45) is 4.00. The number of thiocarbonyl (C=S) groups is 1. The van der Waals surface area contributed by atoms with E-state index in [2.05, 4.69) is 25.1 Å². The highest BCUT2D eigenvalue weighted by Crippen LogP contribution is 2.39. The van der Waals surface area contributed by atoms with Crippen molar-refractivity contribution in [3.8, 4) is 5.69 Å². The van der Waals surface area contributed by atoms with E-state index in [1.54, 1.807) is 18.3 Å². The third-order valence-electron chi connectivity index (χ3n) is 6.73. The van der Waals surface area contributed by atoms with E-state index in [4.69, 9.17) is 17.0 Å². The van der Waals surface area contributed by atoms with Gasteiger partial charge in [0.15, 0.2) is 5.11 Å². The lowest BCUT2D eigenvalue weighted by atomic mass is 10.0. The van der Waals surface area contributed by atoms with Gasteiger partial charge in [0, 0.05) is 42.4 Å². The van der Waals surface area contributed by atoms with E-state index in [1.807, 2.05) is 79.9 Å². The number of anilines is 1. The van der Waals surface area contributed by atoms with Crippen LogP contribution in [0.15, 0.2) is 91.3 Å². The largest absolute Gasteiger partial charge is 0.465 e. The van der Waals surface area contributed by atoms with Crippen LogP contribution in [-0.2, 0) is 9.53 Å². The Kier molecular flexibility index (Phi) is 7.69. The minimum atomic E-state index is -0.384. The Hall–Kier alpha value is -4.50. The number of pyridine rings is 1. The molecule has 2 atom stereocenters. The molecule has 0 spiro atoms. The van der Waals surface area contributed by atoms with Gasteiger partial charge in [0.05, 0.1) is 30.5 Å². The second-order valence-corrected chi connectivity index (χ2v) is 9.72. The van der Waals surface area contributed by atoms with Crippen molar-refractivity contribution >= 4 is 34.9 Å². The molecule has 198 valence electrons. The van der Waals surface area contributed by atoms with Crippen LogP contribution in [0, 0.1) is 6.92 Å². The van der Waals surface area contributed by atoms with Crippen LogP contribution in [0.4, 0.5) is 5.69 Å². The number of carbonyl (C=O) groups excluding carboxylic acids is 2. The van der Waals surface area contributed by atoms with E-state index in [0.717, 1.165) is 28.3 Å². The molecule has 8 nitrogen and oxygen atoms in total. The second kappa shape index (κ2) is 11.5. The van der Waals surface area contributed by atoms with Crippen molar-refractivity contribution in [1.29, 1.82) is 0 Å². The molecule has 0 saturated carbocycles. The standard InChI is InChI=1S/C30H29N5O3S/c1-20-7-5-8-22(19-20)32-26(36)15-18-35-28(27(33-30(35)39)24-9-3-4-16-31-24)25-10-6-17-34(25)23-13-11-21(12-14-23)29(37)38-2/h3-14,16-17,19,27-28H,15,18H2,1-2H3,(H,32,36)(H,33,39)/t27-,28-/m1/s1. The summed E-state index contributed by atoms with van der Waals surface area (Å²) < 4.78 is 6.90. The highest BCUT2D eigenvalue weighted by atomic mass is 32.1. The maximum Gasteiger partial charge on any atom is 0.337 e. The summed E-state index contributed by atoms with van der Waals surface area (Å²) in [5.74, 6) is -0.470. The fraction of sp³-hybridized carbons (Fsp3) is 0.200. The van der Waals surface area contributed by atoms with E-state index in [-0.39, 0.29) is 30.4 Å². The molecule has 0 bridgehead atoms. The van der Waals surface area contributed by atoms with Crippen molar-refractivity contribution < 1.29 is 14.3 Å². The van der Waals surface area contributed by atoms with Gasteiger partial charge in [-0.15, -0.1) is 0 Å². The molecule has 1 aliphatic rings. The Balaban J connectivity index is 1.44. The number of amides is 1. The third-order valence-corrected chi connectivity index (χ3v) is 7.08. The number of rotatable bonds is 8. The number of esters is 1. The van der Waals surface area contributed by atoms with E-state index in [9.17, 15) is 9.59 Å². The molecule has 3 heterocycles. The van der Waals surface area contributed by atoms with Crippen molar-refractivity contribution in [3.05, 3.63) is 114 Å². The van der Waals surface area contributed by atoms with Gasteiger partial charge in [-0.2, -0.15) is 0 Å². The summed E-state index contributed by atoms with van der Waals surface area (Å²) in [5.41, 5.74) is 5.04. The van der Waals surface area contributed by atoms with Crippen LogP contribution in [0.3, 0.4) is 0 Å². The number of hydrogen-bond acceptors (Lipinski definition) is 5. The fourth-order valence-electron chi connectivity index (χ4n) is 4.88. The van der Waals surface area contributed by atoms with Gasteiger partial charge in [-0.25, -0.2) is 4.79 Å². The number of carbonyl (C=O) groups is 2. The third kappa shape index (κ3) is 5.68. The fourth-order valence-corrected chi connectivity index (χ4v) is 5.21. The topological polar surface area (TPSA) is 88.5 Å². The first-order valence-electron chi connectivity index (χ1n) is 12.6. The van der Waals surface area contributed by atoms with Gasteiger partial charge in [-0.1, -0.05) is 18.2 Å². The monoisotopic (exact) mass is 539 g/mol. The van der Waals surface area contributed by atoms with Crippen LogP contribution < -0.4 is 10.6 Å². The lowest BCUT2D eigenvalue weighted by Crippen LogP contribution is -2.33. The second-order valence-electron chi connectivity index (χ2n) is 9.33. The minimum absolute atomic E-state index is 0.0859. The number of benzene rings is 2. The highest BCUT2D eigenvalue weighted by Gasteiger charge is 2.41. The first-order valence-corrected chi connectivity index (χ1v) is 13.1.